The minimum atomic E-state index is -4.86. The highest BCUT2D eigenvalue weighted by atomic mass is 19.4. The maximum absolute atomic E-state index is 12.3. The van der Waals surface area contributed by atoms with E-state index in [4.69, 9.17) is 5.11 Å². The van der Waals surface area contributed by atoms with E-state index in [2.05, 4.69) is 9.84 Å². The Kier molecular flexibility index (Phi) is 3.78. The Morgan fingerprint density at radius 1 is 1.36 bits per heavy atom. The van der Waals surface area contributed by atoms with Gasteiger partial charge in [0.2, 0.25) is 0 Å². The van der Waals surface area contributed by atoms with Crippen molar-refractivity contribution in [2.45, 2.75) is 32.4 Å². The molecule has 1 aromatic carbocycles. The molecule has 1 aromatic heterocycles. The normalized spacial score (nSPS) is 12.6. The summed E-state index contributed by atoms with van der Waals surface area (Å²) in [5.74, 6) is -1.81. The van der Waals surface area contributed by atoms with E-state index in [0.717, 1.165) is 16.8 Å². The summed E-state index contributed by atoms with van der Waals surface area (Å²) in [6, 6.07) is 3.24. The van der Waals surface area contributed by atoms with E-state index in [1.54, 1.807) is 0 Å². The second-order valence-corrected chi connectivity index (χ2v) is 5.35. The molecular weight excluding hydrogens is 305 g/mol. The SMILES string of the molecule is CC(C)(O)Cn1nc(C(=O)O)c2ccc(OC(F)(F)F)cc21. The zero-order valence-electron chi connectivity index (χ0n) is 11.7. The summed E-state index contributed by atoms with van der Waals surface area (Å²) in [6.45, 7) is 2.85. The lowest BCUT2D eigenvalue weighted by molar-refractivity contribution is -0.274. The van der Waals surface area contributed by atoms with Crippen molar-refractivity contribution < 1.29 is 32.9 Å². The fourth-order valence-corrected chi connectivity index (χ4v) is 2.00. The number of halogens is 3. The van der Waals surface area contributed by atoms with Crippen molar-refractivity contribution in [2.75, 3.05) is 0 Å². The number of rotatable bonds is 4. The molecule has 0 aliphatic rings. The third kappa shape index (κ3) is 3.67. The molecule has 2 rings (SSSR count). The molecule has 6 nitrogen and oxygen atoms in total. The topological polar surface area (TPSA) is 84.6 Å². The molecule has 22 heavy (non-hydrogen) atoms. The smallest absolute Gasteiger partial charge is 0.476 e. The van der Waals surface area contributed by atoms with Crippen LogP contribution in [-0.4, -0.2) is 37.9 Å². The lowest BCUT2D eigenvalue weighted by Crippen LogP contribution is -2.26. The average Bonchev–Trinajstić information content (AvgIpc) is 2.63. The Morgan fingerprint density at radius 2 is 2.00 bits per heavy atom. The molecule has 9 heteroatoms. The summed E-state index contributed by atoms with van der Waals surface area (Å²) >= 11 is 0. The molecule has 0 fully saturated rings. The Labute approximate surface area is 122 Å². The molecule has 0 spiro atoms. The van der Waals surface area contributed by atoms with E-state index in [1.807, 2.05) is 0 Å². The van der Waals surface area contributed by atoms with Crippen LogP contribution in [-0.2, 0) is 6.54 Å². The number of carboxylic acids is 1. The van der Waals surface area contributed by atoms with Crippen molar-refractivity contribution in [3.8, 4) is 5.75 Å². The zero-order valence-corrected chi connectivity index (χ0v) is 11.7. The number of benzene rings is 1. The predicted molar refractivity (Wildman–Crippen MR) is 69.7 cm³/mol. The highest BCUT2D eigenvalue weighted by Gasteiger charge is 2.31. The van der Waals surface area contributed by atoms with Crippen molar-refractivity contribution >= 4 is 16.9 Å². The Morgan fingerprint density at radius 3 is 2.50 bits per heavy atom. The third-order valence-electron chi connectivity index (χ3n) is 2.70. The van der Waals surface area contributed by atoms with Crippen LogP contribution in [0.1, 0.15) is 24.3 Å². The molecule has 2 aromatic rings. The average molecular weight is 318 g/mol. The molecule has 0 saturated carbocycles. The van der Waals surface area contributed by atoms with Gasteiger partial charge in [0.05, 0.1) is 17.7 Å². The first kappa shape index (κ1) is 16.1. The Bertz CT molecular complexity index is 716. The minimum Gasteiger partial charge on any atom is -0.476 e. The summed E-state index contributed by atoms with van der Waals surface area (Å²) in [6.07, 6.45) is -4.86. The largest absolute Gasteiger partial charge is 0.573 e. The van der Waals surface area contributed by atoms with Gasteiger partial charge in [0, 0.05) is 11.5 Å². The molecule has 0 saturated heterocycles. The van der Waals surface area contributed by atoms with Crippen molar-refractivity contribution in [1.82, 2.24) is 9.78 Å². The number of hydrogen-bond donors (Lipinski definition) is 2. The van der Waals surface area contributed by atoms with E-state index in [0.29, 0.717) is 0 Å². The van der Waals surface area contributed by atoms with Crippen LogP contribution in [0.4, 0.5) is 13.2 Å². The quantitative estimate of drug-likeness (QED) is 0.904. The van der Waals surface area contributed by atoms with Gasteiger partial charge in [-0.3, -0.25) is 4.68 Å². The summed E-state index contributed by atoms with van der Waals surface area (Å²) in [5.41, 5.74) is -1.41. The number of hydrogen-bond acceptors (Lipinski definition) is 4. The van der Waals surface area contributed by atoms with Gasteiger partial charge in [-0.15, -0.1) is 13.2 Å². The van der Waals surface area contributed by atoms with Crippen LogP contribution in [0.25, 0.3) is 10.9 Å². The highest BCUT2D eigenvalue weighted by molar-refractivity contribution is 6.01. The van der Waals surface area contributed by atoms with Crippen LogP contribution >= 0.6 is 0 Å². The molecule has 0 radical (unpaired) electrons. The summed E-state index contributed by atoms with van der Waals surface area (Å²) in [7, 11) is 0. The second-order valence-electron chi connectivity index (χ2n) is 5.35. The standard InChI is InChI=1S/C13H13F3N2O4/c1-12(2,21)6-18-9-5-7(22-13(14,15)16)3-4-8(9)10(17-18)11(19)20/h3-5,21H,6H2,1-2H3,(H,19,20). The maximum atomic E-state index is 12.3. The maximum Gasteiger partial charge on any atom is 0.573 e. The van der Waals surface area contributed by atoms with Crippen LogP contribution in [0.5, 0.6) is 5.75 Å². The van der Waals surface area contributed by atoms with E-state index >= 15 is 0 Å². The Hall–Kier alpha value is -2.29. The van der Waals surface area contributed by atoms with Crippen LogP contribution in [0, 0.1) is 0 Å². The van der Waals surface area contributed by atoms with Gasteiger partial charge >= 0.3 is 12.3 Å². The first-order valence-corrected chi connectivity index (χ1v) is 6.18. The van der Waals surface area contributed by atoms with E-state index in [-0.39, 0.29) is 23.1 Å². The summed E-state index contributed by atoms with van der Waals surface area (Å²) in [5, 5.41) is 22.9. The van der Waals surface area contributed by atoms with Crippen molar-refractivity contribution in [2.24, 2.45) is 0 Å². The molecule has 0 unspecified atom stereocenters. The van der Waals surface area contributed by atoms with Gasteiger partial charge < -0.3 is 14.9 Å². The van der Waals surface area contributed by atoms with Crippen LogP contribution in [0.2, 0.25) is 0 Å². The van der Waals surface area contributed by atoms with Gasteiger partial charge in [0.1, 0.15) is 5.75 Å². The molecule has 0 aliphatic heterocycles. The van der Waals surface area contributed by atoms with Crippen LogP contribution < -0.4 is 4.74 Å². The summed E-state index contributed by atoms with van der Waals surface area (Å²) in [4.78, 5) is 11.2. The number of aromatic nitrogens is 2. The Balaban J connectivity index is 2.57. The first-order chi connectivity index (χ1) is 9.96. The molecule has 120 valence electrons. The summed E-state index contributed by atoms with van der Waals surface area (Å²) < 4.78 is 41.8. The van der Waals surface area contributed by atoms with Gasteiger partial charge in [-0.25, -0.2) is 4.79 Å². The first-order valence-electron chi connectivity index (χ1n) is 6.18. The molecule has 0 bridgehead atoms. The number of aromatic carboxylic acids is 1. The second kappa shape index (κ2) is 5.16. The third-order valence-corrected chi connectivity index (χ3v) is 2.70. The minimum absolute atomic E-state index is 0.0910. The van der Waals surface area contributed by atoms with Crippen LogP contribution in [0.15, 0.2) is 18.2 Å². The fraction of sp³-hybridized carbons (Fsp3) is 0.385. The van der Waals surface area contributed by atoms with Gasteiger partial charge in [-0.05, 0) is 26.0 Å². The number of ether oxygens (including phenoxy) is 1. The predicted octanol–water partition coefficient (Wildman–Crippen LogP) is 2.40. The van der Waals surface area contributed by atoms with Gasteiger partial charge in [-0.2, -0.15) is 5.10 Å². The van der Waals surface area contributed by atoms with Gasteiger partial charge in [0.15, 0.2) is 5.69 Å². The van der Waals surface area contributed by atoms with Crippen molar-refractivity contribution in [3.05, 3.63) is 23.9 Å². The van der Waals surface area contributed by atoms with E-state index in [1.165, 1.54) is 19.9 Å². The molecular formula is C13H13F3N2O4. The lowest BCUT2D eigenvalue weighted by Gasteiger charge is -2.17. The number of carbonyl (C=O) groups is 1. The van der Waals surface area contributed by atoms with Crippen molar-refractivity contribution in [3.63, 3.8) is 0 Å². The van der Waals surface area contributed by atoms with Gasteiger partial charge in [-0.1, -0.05) is 0 Å². The molecule has 0 atom stereocenters. The molecule has 1 heterocycles. The molecule has 0 amide bonds. The van der Waals surface area contributed by atoms with Gasteiger partial charge in [0.25, 0.3) is 0 Å². The lowest BCUT2D eigenvalue weighted by atomic mass is 10.1. The van der Waals surface area contributed by atoms with Crippen LogP contribution in [0.3, 0.4) is 0 Å². The molecule has 2 N–H and O–H groups in total. The number of aliphatic hydroxyl groups is 1. The number of carboxylic acid groups (broad SMARTS) is 1. The highest BCUT2D eigenvalue weighted by Crippen LogP contribution is 2.28. The van der Waals surface area contributed by atoms with E-state index in [9.17, 15) is 23.1 Å². The number of nitrogens with zero attached hydrogens (tertiary/aromatic N) is 2. The van der Waals surface area contributed by atoms with Crippen molar-refractivity contribution in [1.29, 1.82) is 0 Å². The fourth-order valence-electron chi connectivity index (χ4n) is 2.00. The van der Waals surface area contributed by atoms with E-state index < -0.39 is 23.7 Å². The molecule has 0 aliphatic carbocycles. The zero-order chi connectivity index (χ0) is 16.7. The number of fused-ring (bicyclic) bond motifs is 1. The number of alkyl halides is 3. The monoisotopic (exact) mass is 318 g/mol.